The van der Waals surface area contributed by atoms with Gasteiger partial charge in [0.1, 0.15) is 0 Å². The first-order valence-corrected chi connectivity index (χ1v) is 6.90. The number of fused-ring (bicyclic) bond motifs is 12. The van der Waals surface area contributed by atoms with Crippen LogP contribution in [0.25, 0.3) is 0 Å². The van der Waals surface area contributed by atoms with Crippen molar-refractivity contribution in [3.05, 3.63) is 23.8 Å². The Kier molecular flexibility index (Phi) is 1.32. The van der Waals surface area contributed by atoms with Gasteiger partial charge in [-0.2, -0.15) is 0 Å². The lowest BCUT2D eigenvalue weighted by Gasteiger charge is -2.39. The van der Waals surface area contributed by atoms with Crippen molar-refractivity contribution in [3.63, 3.8) is 0 Å². The summed E-state index contributed by atoms with van der Waals surface area (Å²) in [7, 11) is 0. The minimum absolute atomic E-state index is 0.0977. The number of allylic oxidation sites excluding steroid dienone is 3. The normalized spacial score (nSPS) is 63.9. The second kappa shape index (κ2) is 2.48. The zero-order chi connectivity index (χ0) is 10.4. The molecular formula is C15H18O. The molecule has 16 heavy (non-hydrogen) atoms. The number of aliphatic hydroxyl groups excluding tert-OH is 1. The lowest BCUT2D eigenvalue weighted by molar-refractivity contribution is 0.0627. The summed E-state index contributed by atoms with van der Waals surface area (Å²) in [6.07, 6.45) is 11.1. The molecule has 3 fully saturated rings. The third-order valence-corrected chi connectivity index (χ3v) is 6.44. The summed E-state index contributed by atoms with van der Waals surface area (Å²) in [5, 5.41) is 10.0. The van der Waals surface area contributed by atoms with Crippen LogP contribution in [0.3, 0.4) is 0 Å². The summed E-state index contributed by atoms with van der Waals surface area (Å²) in [5.41, 5.74) is 1.64. The van der Waals surface area contributed by atoms with E-state index in [0.29, 0.717) is 5.92 Å². The summed E-state index contributed by atoms with van der Waals surface area (Å²) in [4.78, 5) is 0. The fourth-order valence-corrected chi connectivity index (χ4v) is 6.16. The van der Waals surface area contributed by atoms with Crippen molar-refractivity contribution in [1.29, 1.82) is 0 Å². The van der Waals surface area contributed by atoms with Crippen molar-refractivity contribution < 1.29 is 5.11 Å². The molecule has 1 N–H and O–H groups in total. The van der Waals surface area contributed by atoms with Crippen molar-refractivity contribution in [1.82, 2.24) is 0 Å². The molecule has 0 heterocycles. The van der Waals surface area contributed by atoms with Gasteiger partial charge in [-0.15, -0.1) is 0 Å². The minimum Gasteiger partial charge on any atom is -0.389 e. The van der Waals surface area contributed by atoms with E-state index in [-0.39, 0.29) is 6.10 Å². The van der Waals surface area contributed by atoms with Crippen LogP contribution in [0.5, 0.6) is 0 Å². The Balaban J connectivity index is 1.63. The van der Waals surface area contributed by atoms with Crippen LogP contribution in [0, 0.1) is 41.4 Å². The van der Waals surface area contributed by atoms with Gasteiger partial charge in [0, 0.05) is 0 Å². The fourth-order valence-electron chi connectivity index (χ4n) is 6.16. The molecule has 5 aliphatic carbocycles. The first kappa shape index (κ1) is 8.52. The van der Waals surface area contributed by atoms with Gasteiger partial charge in [-0.3, -0.25) is 0 Å². The van der Waals surface area contributed by atoms with E-state index >= 15 is 0 Å². The average molecular weight is 214 g/mol. The van der Waals surface area contributed by atoms with Crippen LogP contribution in [-0.2, 0) is 0 Å². The molecule has 0 saturated heterocycles. The summed E-state index contributed by atoms with van der Waals surface area (Å²) in [6.45, 7) is 0. The molecule has 0 aromatic carbocycles. The lowest BCUT2D eigenvalue weighted by Crippen LogP contribution is -2.37. The number of rotatable bonds is 0. The minimum atomic E-state index is -0.0977. The molecule has 1 nitrogen and oxygen atoms in total. The number of aliphatic hydroxyl groups is 1. The van der Waals surface area contributed by atoms with Gasteiger partial charge in [0.25, 0.3) is 0 Å². The smallest absolute Gasteiger partial charge is 0.0757 e. The lowest BCUT2D eigenvalue weighted by atomic mass is 9.66. The Hall–Kier alpha value is -0.560. The highest BCUT2D eigenvalue weighted by Crippen LogP contribution is 2.70. The van der Waals surface area contributed by atoms with Crippen molar-refractivity contribution in [2.45, 2.75) is 25.4 Å². The first-order chi connectivity index (χ1) is 7.84. The molecule has 5 aliphatic rings. The maximum absolute atomic E-state index is 10.0. The van der Waals surface area contributed by atoms with E-state index in [4.69, 9.17) is 0 Å². The second-order valence-corrected chi connectivity index (χ2v) is 6.67. The molecule has 3 saturated carbocycles. The van der Waals surface area contributed by atoms with E-state index in [1.807, 2.05) is 0 Å². The Bertz CT molecular complexity index is 421. The summed E-state index contributed by atoms with van der Waals surface area (Å²) in [5.74, 6) is 6.10. The van der Waals surface area contributed by atoms with Crippen molar-refractivity contribution in [2.75, 3.05) is 0 Å². The molecule has 0 amide bonds. The van der Waals surface area contributed by atoms with Crippen LogP contribution in [-0.4, -0.2) is 11.2 Å². The van der Waals surface area contributed by atoms with Gasteiger partial charge >= 0.3 is 0 Å². The van der Waals surface area contributed by atoms with Crippen molar-refractivity contribution >= 4 is 0 Å². The van der Waals surface area contributed by atoms with Gasteiger partial charge in [0.15, 0.2) is 0 Å². The zero-order valence-electron chi connectivity index (χ0n) is 9.42. The predicted molar refractivity (Wildman–Crippen MR) is 61.5 cm³/mol. The SMILES string of the molecule is OC1C=C2CC1C1C3CC(C4CC=CC43)C21. The molecule has 0 aromatic heterocycles. The third kappa shape index (κ3) is 0.728. The van der Waals surface area contributed by atoms with Gasteiger partial charge in [-0.05, 0) is 60.7 Å². The fraction of sp³-hybridized carbons (Fsp3) is 0.733. The van der Waals surface area contributed by atoms with Gasteiger partial charge in [0.05, 0.1) is 6.10 Å². The highest BCUT2D eigenvalue weighted by atomic mass is 16.3. The summed E-state index contributed by atoms with van der Waals surface area (Å²) in [6, 6.07) is 0. The number of hydrogen-bond acceptors (Lipinski definition) is 1. The topological polar surface area (TPSA) is 20.2 Å². The predicted octanol–water partition coefficient (Wildman–Crippen LogP) is 2.38. The molecule has 4 bridgehead atoms. The van der Waals surface area contributed by atoms with Crippen LogP contribution >= 0.6 is 0 Å². The van der Waals surface area contributed by atoms with Crippen molar-refractivity contribution in [2.24, 2.45) is 41.4 Å². The Labute approximate surface area is 96.2 Å². The van der Waals surface area contributed by atoms with E-state index in [1.54, 1.807) is 5.57 Å². The molecule has 8 unspecified atom stereocenters. The second-order valence-electron chi connectivity index (χ2n) is 6.67. The largest absolute Gasteiger partial charge is 0.389 e. The van der Waals surface area contributed by atoms with Crippen LogP contribution < -0.4 is 0 Å². The molecule has 0 aliphatic heterocycles. The van der Waals surface area contributed by atoms with E-state index < -0.39 is 0 Å². The van der Waals surface area contributed by atoms with Crippen molar-refractivity contribution in [3.8, 4) is 0 Å². The molecule has 5 rings (SSSR count). The van der Waals surface area contributed by atoms with Crippen LogP contribution in [0.2, 0.25) is 0 Å². The monoisotopic (exact) mass is 214 g/mol. The van der Waals surface area contributed by atoms with Gasteiger partial charge < -0.3 is 5.11 Å². The highest BCUT2D eigenvalue weighted by molar-refractivity contribution is 5.34. The maximum atomic E-state index is 10.0. The molecule has 0 aromatic rings. The summed E-state index contributed by atoms with van der Waals surface area (Å²) >= 11 is 0. The molecule has 84 valence electrons. The zero-order valence-corrected chi connectivity index (χ0v) is 9.42. The van der Waals surface area contributed by atoms with Crippen LogP contribution in [0.15, 0.2) is 23.8 Å². The Morgan fingerprint density at radius 2 is 2.06 bits per heavy atom. The van der Waals surface area contributed by atoms with Gasteiger partial charge in [-0.25, -0.2) is 0 Å². The Morgan fingerprint density at radius 1 is 1.12 bits per heavy atom. The van der Waals surface area contributed by atoms with E-state index in [0.717, 1.165) is 35.5 Å². The standard InChI is InChI=1S/C15H18O/c16-13-5-7-4-12(13)15-11-6-10(14(7)15)8-2-1-3-9(8)11/h1,3,5,8-16H,2,4,6H2. The van der Waals surface area contributed by atoms with E-state index in [2.05, 4.69) is 18.2 Å². The maximum Gasteiger partial charge on any atom is 0.0757 e. The molecule has 1 heteroatoms. The third-order valence-electron chi connectivity index (χ3n) is 6.44. The molecular weight excluding hydrogens is 196 g/mol. The quantitative estimate of drug-likeness (QED) is 0.485. The first-order valence-electron chi connectivity index (χ1n) is 6.90. The van der Waals surface area contributed by atoms with Gasteiger partial charge in [0.2, 0.25) is 0 Å². The Morgan fingerprint density at radius 3 is 3.00 bits per heavy atom. The van der Waals surface area contributed by atoms with E-state index in [9.17, 15) is 5.11 Å². The summed E-state index contributed by atoms with van der Waals surface area (Å²) < 4.78 is 0. The van der Waals surface area contributed by atoms with Gasteiger partial charge in [-0.1, -0.05) is 23.8 Å². The molecule has 8 atom stereocenters. The molecule has 0 spiro atoms. The van der Waals surface area contributed by atoms with E-state index in [1.165, 1.54) is 19.3 Å². The number of hydrogen-bond donors (Lipinski definition) is 1. The highest BCUT2D eigenvalue weighted by Gasteiger charge is 2.64. The molecule has 0 radical (unpaired) electrons. The average Bonchev–Trinajstić information content (AvgIpc) is 2.99. The van der Waals surface area contributed by atoms with Crippen LogP contribution in [0.4, 0.5) is 0 Å². The van der Waals surface area contributed by atoms with Crippen LogP contribution in [0.1, 0.15) is 19.3 Å².